The van der Waals surface area contributed by atoms with E-state index in [1.165, 1.54) is 7.11 Å². The van der Waals surface area contributed by atoms with Crippen LogP contribution in [0.15, 0.2) is 18.2 Å². The van der Waals surface area contributed by atoms with E-state index in [1.54, 1.807) is 18.2 Å². The first-order chi connectivity index (χ1) is 11.7. The van der Waals surface area contributed by atoms with E-state index in [0.717, 1.165) is 0 Å². The van der Waals surface area contributed by atoms with Gasteiger partial charge in [-0.2, -0.15) is 0 Å². The second-order valence-corrected chi connectivity index (χ2v) is 4.84. The molecule has 8 heteroatoms. The van der Waals surface area contributed by atoms with Crippen molar-refractivity contribution in [3.8, 4) is 5.75 Å². The number of rotatable bonds is 13. The Morgan fingerprint density at radius 1 is 1.04 bits per heavy atom. The van der Waals surface area contributed by atoms with Crippen LogP contribution in [0.5, 0.6) is 5.75 Å². The minimum Gasteiger partial charge on any atom is -0.495 e. The van der Waals surface area contributed by atoms with Gasteiger partial charge >= 0.3 is 0 Å². The number of carbonyl (C=O) groups is 1. The first-order valence-corrected chi connectivity index (χ1v) is 7.84. The lowest BCUT2D eigenvalue weighted by Gasteiger charge is -2.09. The zero-order valence-electron chi connectivity index (χ0n) is 14.1. The van der Waals surface area contributed by atoms with Crippen LogP contribution >= 0.6 is 0 Å². The number of nitrogens with two attached hydrogens (primary N) is 2. The third-order valence-corrected chi connectivity index (χ3v) is 3.03. The van der Waals surface area contributed by atoms with Gasteiger partial charge in [0.2, 0.25) is 0 Å². The van der Waals surface area contributed by atoms with E-state index < -0.39 is 0 Å². The molecule has 136 valence electrons. The van der Waals surface area contributed by atoms with Gasteiger partial charge in [0.15, 0.2) is 0 Å². The largest absolute Gasteiger partial charge is 0.495 e. The Labute approximate surface area is 142 Å². The van der Waals surface area contributed by atoms with Gasteiger partial charge in [0.05, 0.1) is 52.4 Å². The Morgan fingerprint density at radius 3 is 2.29 bits per heavy atom. The summed E-state index contributed by atoms with van der Waals surface area (Å²) in [5, 5.41) is 2.76. The number of hydrogen-bond donors (Lipinski definition) is 3. The van der Waals surface area contributed by atoms with Crippen molar-refractivity contribution < 1.29 is 23.7 Å². The molecule has 0 unspecified atom stereocenters. The lowest BCUT2D eigenvalue weighted by atomic mass is 10.2. The molecule has 8 nitrogen and oxygen atoms in total. The number of ether oxygens (including phenoxy) is 4. The molecule has 0 aliphatic carbocycles. The summed E-state index contributed by atoms with van der Waals surface area (Å²) in [5.74, 6) is 0.275. The molecular formula is C16H27N3O5. The topological polar surface area (TPSA) is 118 Å². The molecule has 0 saturated carbocycles. The van der Waals surface area contributed by atoms with Crippen molar-refractivity contribution in [1.82, 2.24) is 5.32 Å². The molecule has 0 aliphatic heterocycles. The van der Waals surface area contributed by atoms with E-state index in [0.29, 0.717) is 69.7 Å². The fourth-order valence-corrected chi connectivity index (χ4v) is 1.82. The molecule has 1 aromatic carbocycles. The average Bonchev–Trinajstić information content (AvgIpc) is 2.59. The summed E-state index contributed by atoms with van der Waals surface area (Å²) in [5.41, 5.74) is 12.0. The highest BCUT2D eigenvalue weighted by atomic mass is 16.5. The second-order valence-electron chi connectivity index (χ2n) is 4.84. The van der Waals surface area contributed by atoms with Gasteiger partial charge in [0, 0.05) is 18.7 Å². The van der Waals surface area contributed by atoms with Crippen LogP contribution in [0.4, 0.5) is 5.69 Å². The highest BCUT2D eigenvalue weighted by Gasteiger charge is 2.08. The van der Waals surface area contributed by atoms with Crippen molar-refractivity contribution in [2.24, 2.45) is 5.73 Å². The maximum Gasteiger partial charge on any atom is 0.251 e. The van der Waals surface area contributed by atoms with Gasteiger partial charge in [0.1, 0.15) is 5.75 Å². The Hall–Kier alpha value is -1.87. The molecule has 0 heterocycles. The van der Waals surface area contributed by atoms with Crippen LogP contribution in [-0.2, 0) is 14.2 Å². The van der Waals surface area contributed by atoms with Gasteiger partial charge in [-0.25, -0.2) is 0 Å². The van der Waals surface area contributed by atoms with Crippen LogP contribution in [0.2, 0.25) is 0 Å². The average molecular weight is 341 g/mol. The van der Waals surface area contributed by atoms with E-state index in [-0.39, 0.29) is 5.91 Å². The molecule has 0 saturated heterocycles. The minimum atomic E-state index is -0.204. The van der Waals surface area contributed by atoms with Crippen LogP contribution < -0.4 is 21.5 Å². The van der Waals surface area contributed by atoms with Gasteiger partial charge in [0.25, 0.3) is 5.91 Å². The summed E-state index contributed by atoms with van der Waals surface area (Å²) < 4.78 is 20.9. The molecule has 1 rings (SSSR count). The molecule has 24 heavy (non-hydrogen) atoms. The molecule has 5 N–H and O–H groups in total. The minimum absolute atomic E-state index is 0.204. The highest BCUT2D eigenvalue weighted by molar-refractivity contribution is 5.95. The summed E-state index contributed by atoms with van der Waals surface area (Å²) in [4.78, 5) is 12.0. The molecule has 0 radical (unpaired) electrons. The van der Waals surface area contributed by atoms with E-state index in [4.69, 9.17) is 30.4 Å². The lowest BCUT2D eigenvalue weighted by molar-refractivity contribution is 0.0166. The molecule has 0 bridgehead atoms. The van der Waals surface area contributed by atoms with E-state index >= 15 is 0 Å². The smallest absolute Gasteiger partial charge is 0.251 e. The van der Waals surface area contributed by atoms with Gasteiger partial charge in [-0.1, -0.05) is 0 Å². The summed E-state index contributed by atoms with van der Waals surface area (Å²) in [6.07, 6.45) is 0. The highest BCUT2D eigenvalue weighted by Crippen LogP contribution is 2.21. The zero-order chi connectivity index (χ0) is 17.6. The van der Waals surface area contributed by atoms with Crippen molar-refractivity contribution in [1.29, 1.82) is 0 Å². The number of methoxy groups -OCH3 is 1. The number of benzene rings is 1. The van der Waals surface area contributed by atoms with Crippen molar-refractivity contribution in [2.75, 3.05) is 65.6 Å². The first kappa shape index (κ1) is 20.2. The Kier molecular flexibility index (Phi) is 10.5. The molecule has 0 aliphatic rings. The normalized spacial score (nSPS) is 10.6. The molecule has 0 fully saturated rings. The van der Waals surface area contributed by atoms with Crippen LogP contribution in [0, 0.1) is 0 Å². The van der Waals surface area contributed by atoms with Gasteiger partial charge in [-0.05, 0) is 18.2 Å². The van der Waals surface area contributed by atoms with Gasteiger partial charge in [-0.15, -0.1) is 0 Å². The summed E-state index contributed by atoms with van der Waals surface area (Å²) >= 11 is 0. The molecule has 0 atom stereocenters. The first-order valence-electron chi connectivity index (χ1n) is 7.84. The van der Waals surface area contributed by atoms with Crippen LogP contribution in [0.3, 0.4) is 0 Å². The van der Waals surface area contributed by atoms with Gasteiger partial charge in [-0.3, -0.25) is 4.79 Å². The van der Waals surface area contributed by atoms with E-state index in [1.807, 2.05) is 0 Å². The van der Waals surface area contributed by atoms with Crippen molar-refractivity contribution in [3.05, 3.63) is 23.8 Å². The van der Waals surface area contributed by atoms with Crippen LogP contribution in [0.1, 0.15) is 10.4 Å². The number of nitrogens with one attached hydrogen (secondary N) is 1. The number of amides is 1. The molecule has 0 spiro atoms. The molecule has 1 amide bonds. The monoisotopic (exact) mass is 341 g/mol. The molecule has 1 aromatic rings. The van der Waals surface area contributed by atoms with Gasteiger partial charge < -0.3 is 35.7 Å². The predicted octanol–water partition coefficient (Wildman–Crippen LogP) is 0.0157. The third-order valence-electron chi connectivity index (χ3n) is 3.03. The Morgan fingerprint density at radius 2 is 1.67 bits per heavy atom. The standard InChI is InChI=1S/C16H27N3O5/c1-21-15-12-13(2-3-14(15)18)16(20)19-5-7-23-9-11-24-10-8-22-6-4-17/h2-3,12H,4-11,17-18H2,1H3,(H,19,20). The van der Waals surface area contributed by atoms with Crippen molar-refractivity contribution in [2.45, 2.75) is 0 Å². The Balaban J connectivity index is 2.06. The van der Waals surface area contributed by atoms with Crippen LogP contribution in [-0.4, -0.2) is 65.7 Å². The van der Waals surface area contributed by atoms with Crippen molar-refractivity contribution in [3.63, 3.8) is 0 Å². The predicted molar refractivity (Wildman–Crippen MR) is 91.3 cm³/mol. The van der Waals surface area contributed by atoms with E-state index in [2.05, 4.69) is 5.32 Å². The fraction of sp³-hybridized carbons (Fsp3) is 0.562. The zero-order valence-corrected chi connectivity index (χ0v) is 14.1. The summed E-state index contributed by atoms with van der Waals surface area (Å²) in [7, 11) is 1.51. The Bertz CT molecular complexity index is 485. The lowest BCUT2D eigenvalue weighted by Crippen LogP contribution is -2.27. The SMILES string of the molecule is COc1cc(C(=O)NCCOCCOCCOCCN)ccc1N. The number of hydrogen-bond acceptors (Lipinski definition) is 7. The fourth-order valence-electron chi connectivity index (χ4n) is 1.82. The second kappa shape index (κ2) is 12.5. The maximum absolute atomic E-state index is 12.0. The third kappa shape index (κ3) is 8.11. The maximum atomic E-state index is 12.0. The number of anilines is 1. The molecule has 0 aromatic heterocycles. The summed E-state index contributed by atoms with van der Waals surface area (Å²) in [6, 6.07) is 4.89. The number of nitrogen functional groups attached to an aromatic ring is 1. The molecular weight excluding hydrogens is 314 g/mol. The van der Waals surface area contributed by atoms with Crippen LogP contribution in [0.25, 0.3) is 0 Å². The van der Waals surface area contributed by atoms with Crippen molar-refractivity contribution >= 4 is 11.6 Å². The quantitative estimate of drug-likeness (QED) is 0.342. The van der Waals surface area contributed by atoms with E-state index in [9.17, 15) is 4.79 Å². The summed E-state index contributed by atoms with van der Waals surface area (Å²) in [6.45, 7) is 3.85. The number of carbonyl (C=O) groups excluding carboxylic acids is 1.